The molecule has 1 fully saturated rings. The van der Waals surface area contributed by atoms with Gasteiger partial charge in [0, 0.05) is 6.54 Å². The van der Waals surface area contributed by atoms with Crippen molar-refractivity contribution in [2.24, 2.45) is 10.7 Å². The van der Waals surface area contributed by atoms with Gasteiger partial charge in [-0.05, 0) is 54.6 Å². The summed E-state index contributed by atoms with van der Waals surface area (Å²) in [6, 6.07) is 13.1. The number of carbonyl (C=O) groups excluding carboxylic acids is 2. The molecule has 3 rings (SSSR count). The molecule has 2 N–H and O–H groups in total. The number of para-hydroxylation sites is 1. The van der Waals surface area contributed by atoms with Crippen molar-refractivity contribution < 1.29 is 18.7 Å². The zero-order chi connectivity index (χ0) is 20.1. The third-order valence-corrected chi connectivity index (χ3v) is 4.82. The Labute approximate surface area is 165 Å². The highest BCUT2D eigenvalue weighted by Gasteiger charge is 2.32. The topological polar surface area (TPSA) is 85.0 Å². The maximum absolute atomic E-state index is 13.9. The number of aliphatic imine (C=N–C) groups is 1. The lowest BCUT2D eigenvalue weighted by molar-refractivity contribution is -0.122. The normalized spacial score (nSPS) is 16.8. The van der Waals surface area contributed by atoms with Crippen molar-refractivity contribution in [1.29, 1.82) is 0 Å². The number of ether oxygens (including phenoxy) is 1. The van der Waals surface area contributed by atoms with E-state index in [1.54, 1.807) is 48.5 Å². The van der Waals surface area contributed by atoms with Crippen LogP contribution in [0.15, 0.2) is 58.4 Å². The second-order valence-corrected chi connectivity index (χ2v) is 6.84. The maximum atomic E-state index is 13.9. The predicted molar refractivity (Wildman–Crippen MR) is 108 cm³/mol. The highest BCUT2D eigenvalue weighted by molar-refractivity contribution is 8.18. The van der Waals surface area contributed by atoms with Crippen LogP contribution >= 0.6 is 11.8 Å². The van der Waals surface area contributed by atoms with E-state index in [4.69, 9.17) is 10.5 Å². The standard InChI is InChI=1S/C20H18FN3O3S/c1-2-24-19(26)17(28-20(24)23-16-9-4-3-8-15(16)21)11-13-6-5-7-14(10-13)27-12-18(22)25/h3-11H,2,12H2,1H3,(H2,22,25)/b17-11+,23-20?. The van der Waals surface area contributed by atoms with Crippen molar-refractivity contribution in [3.05, 3.63) is 64.8 Å². The summed E-state index contributed by atoms with van der Waals surface area (Å²) in [5, 5.41) is 0.421. The molecule has 0 aliphatic carbocycles. The van der Waals surface area contributed by atoms with Crippen molar-refractivity contribution in [3.63, 3.8) is 0 Å². The fourth-order valence-corrected chi connectivity index (χ4v) is 3.57. The fraction of sp³-hybridized carbons (Fsp3) is 0.150. The summed E-state index contributed by atoms with van der Waals surface area (Å²) in [5.74, 6) is -0.754. The Kier molecular flexibility index (Phi) is 6.10. The summed E-state index contributed by atoms with van der Waals surface area (Å²) in [5.41, 5.74) is 5.98. The fourth-order valence-electron chi connectivity index (χ4n) is 2.52. The quantitative estimate of drug-likeness (QED) is 0.755. The second-order valence-electron chi connectivity index (χ2n) is 5.83. The largest absolute Gasteiger partial charge is 0.484 e. The van der Waals surface area contributed by atoms with Gasteiger partial charge in [-0.15, -0.1) is 0 Å². The minimum Gasteiger partial charge on any atom is -0.484 e. The molecule has 2 aromatic carbocycles. The lowest BCUT2D eigenvalue weighted by Crippen LogP contribution is -2.28. The second kappa shape index (κ2) is 8.71. The summed E-state index contributed by atoms with van der Waals surface area (Å²) in [6.45, 7) is 2.02. The van der Waals surface area contributed by atoms with Crippen LogP contribution in [0.4, 0.5) is 10.1 Å². The molecular formula is C20H18FN3O3S. The van der Waals surface area contributed by atoms with Crippen LogP contribution in [0, 0.1) is 5.82 Å². The Bertz CT molecular complexity index is 975. The van der Waals surface area contributed by atoms with E-state index in [-0.39, 0.29) is 18.2 Å². The van der Waals surface area contributed by atoms with Gasteiger partial charge in [-0.1, -0.05) is 24.3 Å². The van der Waals surface area contributed by atoms with Crippen molar-refractivity contribution in [2.45, 2.75) is 6.92 Å². The maximum Gasteiger partial charge on any atom is 0.266 e. The third-order valence-electron chi connectivity index (χ3n) is 3.81. The van der Waals surface area contributed by atoms with Crippen LogP contribution in [-0.4, -0.2) is 35.0 Å². The van der Waals surface area contributed by atoms with Gasteiger partial charge in [0.05, 0.1) is 4.91 Å². The molecule has 0 saturated carbocycles. The van der Waals surface area contributed by atoms with Crippen LogP contribution < -0.4 is 10.5 Å². The number of primary amides is 1. The Morgan fingerprint density at radius 1 is 1.29 bits per heavy atom. The number of hydrogen-bond acceptors (Lipinski definition) is 5. The molecule has 0 radical (unpaired) electrons. The van der Waals surface area contributed by atoms with E-state index >= 15 is 0 Å². The Morgan fingerprint density at radius 3 is 2.79 bits per heavy atom. The smallest absolute Gasteiger partial charge is 0.266 e. The van der Waals surface area contributed by atoms with Gasteiger partial charge in [0.1, 0.15) is 17.3 Å². The van der Waals surface area contributed by atoms with E-state index in [9.17, 15) is 14.0 Å². The number of halogens is 1. The minimum atomic E-state index is -0.571. The average molecular weight is 399 g/mol. The number of carbonyl (C=O) groups is 2. The van der Waals surface area contributed by atoms with Gasteiger partial charge in [-0.2, -0.15) is 0 Å². The van der Waals surface area contributed by atoms with Gasteiger partial charge in [-0.3, -0.25) is 14.5 Å². The molecule has 144 valence electrons. The van der Waals surface area contributed by atoms with Crippen LogP contribution in [0.5, 0.6) is 5.75 Å². The van der Waals surface area contributed by atoms with E-state index in [2.05, 4.69) is 4.99 Å². The number of nitrogens with zero attached hydrogens (tertiary/aromatic N) is 2. The molecule has 8 heteroatoms. The van der Waals surface area contributed by atoms with Crippen LogP contribution in [0.3, 0.4) is 0 Å². The number of amides is 2. The van der Waals surface area contributed by atoms with Crippen LogP contribution in [0.2, 0.25) is 0 Å². The van der Waals surface area contributed by atoms with Crippen molar-refractivity contribution in [1.82, 2.24) is 4.90 Å². The Hall–Kier alpha value is -3.13. The zero-order valence-corrected chi connectivity index (χ0v) is 15.9. The van der Waals surface area contributed by atoms with Gasteiger partial charge < -0.3 is 10.5 Å². The Balaban J connectivity index is 1.87. The molecule has 2 aromatic rings. The van der Waals surface area contributed by atoms with Gasteiger partial charge in [-0.25, -0.2) is 9.38 Å². The minimum absolute atomic E-state index is 0.180. The monoisotopic (exact) mass is 399 g/mol. The zero-order valence-electron chi connectivity index (χ0n) is 15.1. The first-order chi connectivity index (χ1) is 13.5. The van der Waals surface area contributed by atoms with E-state index in [1.807, 2.05) is 6.92 Å². The molecule has 1 saturated heterocycles. The summed E-state index contributed by atoms with van der Waals surface area (Å²) < 4.78 is 19.2. The highest BCUT2D eigenvalue weighted by Crippen LogP contribution is 2.34. The van der Waals surface area contributed by atoms with Crippen molar-refractivity contribution in [2.75, 3.05) is 13.2 Å². The molecule has 0 aromatic heterocycles. The van der Waals surface area contributed by atoms with E-state index in [0.717, 1.165) is 5.56 Å². The Morgan fingerprint density at radius 2 is 2.07 bits per heavy atom. The lowest BCUT2D eigenvalue weighted by atomic mass is 10.2. The van der Waals surface area contributed by atoms with E-state index in [1.165, 1.54) is 22.7 Å². The average Bonchev–Trinajstić information content (AvgIpc) is 2.96. The first-order valence-corrected chi connectivity index (χ1v) is 9.35. The molecule has 1 heterocycles. The summed E-state index contributed by atoms with van der Waals surface area (Å²) >= 11 is 1.18. The van der Waals surface area contributed by atoms with Gasteiger partial charge in [0.25, 0.3) is 11.8 Å². The molecule has 0 unspecified atom stereocenters. The van der Waals surface area contributed by atoms with Crippen LogP contribution in [0.25, 0.3) is 6.08 Å². The SMILES string of the molecule is CCN1C(=O)/C(=C\c2cccc(OCC(N)=O)c2)SC1=Nc1ccccc1F. The van der Waals surface area contributed by atoms with Crippen molar-refractivity contribution in [3.8, 4) is 5.75 Å². The molecule has 1 aliphatic rings. The summed E-state index contributed by atoms with van der Waals surface area (Å²) in [7, 11) is 0. The third kappa shape index (κ3) is 4.58. The summed E-state index contributed by atoms with van der Waals surface area (Å²) in [6.07, 6.45) is 1.71. The van der Waals surface area contributed by atoms with Gasteiger partial charge in [0.2, 0.25) is 0 Å². The first-order valence-electron chi connectivity index (χ1n) is 8.53. The molecule has 1 aliphatic heterocycles. The van der Waals surface area contributed by atoms with E-state index in [0.29, 0.717) is 22.4 Å². The molecule has 0 atom stereocenters. The van der Waals surface area contributed by atoms with Crippen molar-refractivity contribution >= 4 is 40.5 Å². The number of thioether (sulfide) groups is 1. The van der Waals surface area contributed by atoms with Crippen LogP contribution in [0.1, 0.15) is 12.5 Å². The highest BCUT2D eigenvalue weighted by atomic mass is 32.2. The van der Waals surface area contributed by atoms with Crippen LogP contribution in [-0.2, 0) is 9.59 Å². The number of nitrogens with two attached hydrogens (primary N) is 1. The number of rotatable bonds is 6. The number of benzene rings is 2. The van der Waals surface area contributed by atoms with E-state index < -0.39 is 11.7 Å². The number of hydrogen-bond donors (Lipinski definition) is 1. The number of likely N-dealkylation sites (N-methyl/N-ethyl adjacent to an activating group) is 1. The molecule has 0 bridgehead atoms. The predicted octanol–water partition coefficient (Wildman–Crippen LogP) is 3.31. The van der Waals surface area contributed by atoms with Gasteiger partial charge in [0.15, 0.2) is 11.8 Å². The molecule has 6 nitrogen and oxygen atoms in total. The number of amidine groups is 1. The summed E-state index contributed by atoms with van der Waals surface area (Å²) in [4.78, 5) is 29.8. The first kappa shape index (κ1) is 19.6. The molecule has 28 heavy (non-hydrogen) atoms. The molecule has 0 spiro atoms. The lowest BCUT2D eigenvalue weighted by Gasteiger charge is -2.12. The molecule has 2 amide bonds. The molecular weight excluding hydrogens is 381 g/mol. The van der Waals surface area contributed by atoms with Gasteiger partial charge >= 0.3 is 0 Å².